The molecule has 29 heavy (non-hydrogen) atoms. The van der Waals surface area contributed by atoms with E-state index in [0.717, 1.165) is 11.1 Å². The fourth-order valence-corrected chi connectivity index (χ4v) is 3.96. The van der Waals surface area contributed by atoms with Gasteiger partial charge in [-0.3, -0.25) is 9.69 Å². The third kappa shape index (κ3) is 4.26. The molecule has 0 spiro atoms. The van der Waals surface area contributed by atoms with Crippen molar-refractivity contribution in [3.8, 4) is 0 Å². The Morgan fingerprint density at radius 1 is 1.00 bits per heavy atom. The Hall–Kier alpha value is -2.12. The second-order valence-electron chi connectivity index (χ2n) is 6.44. The van der Waals surface area contributed by atoms with Gasteiger partial charge in [-0.25, -0.2) is 9.97 Å². The van der Waals surface area contributed by atoms with E-state index in [4.69, 9.17) is 27.9 Å². The molecule has 0 bridgehead atoms. The fourth-order valence-electron chi connectivity index (χ4n) is 3.36. The number of halogens is 2. The molecule has 1 amide bonds. The molecule has 1 fully saturated rings. The number of ether oxygens (including phenoxy) is 1. The van der Waals surface area contributed by atoms with Crippen molar-refractivity contribution in [3.05, 3.63) is 82.0 Å². The van der Waals surface area contributed by atoms with Crippen LogP contribution < -0.4 is 4.90 Å². The van der Waals surface area contributed by atoms with Gasteiger partial charge in [-0.15, -0.1) is 0 Å². The summed E-state index contributed by atoms with van der Waals surface area (Å²) in [6, 6.07) is 16.2. The first-order chi connectivity index (χ1) is 14.1. The predicted octanol–water partition coefficient (Wildman–Crippen LogP) is 5.35. The number of aromatic nitrogens is 2. The summed E-state index contributed by atoms with van der Waals surface area (Å²) < 4.78 is 6.01. The van der Waals surface area contributed by atoms with Crippen molar-refractivity contribution in [1.82, 2.24) is 9.97 Å². The van der Waals surface area contributed by atoms with E-state index in [1.807, 2.05) is 42.7 Å². The van der Waals surface area contributed by atoms with Gasteiger partial charge >= 0.3 is 0 Å². The quantitative estimate of drug-likeness (QED) is 0.400. The number of carbonyl (C=O) groups excluding carboxylic acids is 1. The summed E-state index contributed by atoms with van der Waals surface area (Å²) in [5.41, 5.74) is 1.82. The molecule has 0 unspecified atom stereocenters. The molecule has 1 aromatic heterocycles. The van der Waals surface area contributed by atoms with Crippen LogP contribution in [0, 0.1) is 0 Å². The number of benzene rings is 2. The maximum Gasteiger partial charge on any atom is 0.254 e. The Morgan fingerprint density at radius 2 is 1.62 bits per heavy atom. The van der Waals surface area contributed by atoms with Crippen LogP contribution in [0.5, 0.6) is 0 Å². The van der Waals surface area contributed by atoms with Crippen molar-refractivity contribution in [2.24, 2.45) is 0 Å². The molecule has 2 atom stereocenters. The van der Waals surface area contributed by atoms with Crippen LogP contribution in [0.3, 0.4) is 0 Å². The van der Waals surface area contributed by atoms with E-state index in [-0.39, 0.29) is 18.6 Å². The first-order valence-electron chi connectivity index (χ1n) is 8.88. The van der Waals surface area contributed by atoms with Crippen molar-refractivity contribution in [2.75, 3.05) is 17.8 Å². The average molecular weight is 446 g/mol. The number of hydrogen-bond acceptors (Lipinski definition) is 5. The van der Waals surface area contributed by atoms with Gasteiger partial charge in [0.1, 0.15) is 18.5 Å². The first-order valence-corrected chi connectivity index (χ1v) is 10.9. The Labute approximate surface area is 183 Å². The molecule has 1 saturated heterocycles. The molecule has 4 rings (SSSR count). The maximum atomic E-state index is 13.0. The Morgan fingerprint density at radius 3 is 2.24 bits per heavy atom. The predicted molar refractivity (Wildman–Crippen MR) is 116 cm³/mol. The number of hydrogen-bond donors (Lipinski definition) is 0. The number of carbonyl (C=O) groups is 1. The summed E-state index contributed by atoms with van der Waals surface area (Å²) in [5.74, 6) is 0.373. The van der Waals surface area contributed by atoms with Crippen LogP contribution in [0.2, 0.25) is 10.0 Å². The van der Waals surface area contributed by atoms with Crippen molar-refractivity contribution in [1.29, 1.82) is 0 Å². The zero-order valence-corrected chi connectivity index (χ0v) is 17.8. The molecular formula is C21H17Cl2N3O2S. The molecule has 148 valence electrons. The van der Waals surface area contributed by atoms with E-state index in [2.05, 4.69) is 9.97 Å². The highest BCUT2D eigenvalue weighted by atomic mass is 35.5. The molecular weight excluding hydrogens is 429 g/mol. The van der Waals surface area contributed by atoms with E-state index >= 15 is 0 Å². The number of morpholine rings is 1. The van der Waals surface area contributed by atoms with Gasteiger partial charge in [0.15, 0.2) is 5.16 Å². The minimum Gasteiger partial charge on any atom is -0.361 e. The summed E-state index contributed by atoms with van der Waals surface area (Å²) in [7, 11) is 0. The van der Waals surface area contributed by atoms with Crippen LogP contribution in [-0.4, -0.2) is 28.7 Å². The van der Waals surface area contributed by atoms with Gasteiger partial charge in [-0.05, 0) is 47.7 Å². The normalized spacial score (nSPS) is 19.4. The number of nitrogens with zero attached hydrogens (tertiary/aromatic N) is 3. The average Bonchev–Trinajstić information content (AvgIpc) is 2.75. The summed E-state index contributed by atoms with van der Waals surface area (Å²) >= 11 is 13.6. The van der Waals surface area contributed by atoms with Crippen LogP contribution in [0.15, 0.2) is 66.0 Å². The molecule has 5 nitrogen and oxygen atoms in total. The lowest BCUT2D eigenvalue weighted by atomic mass is 9.92. The van der Waals surface area contributed by atoms with E-state index < -0.39 is 6.04 Å². The van der Waals surface area contributed by atoms with Crippen LogP contribution in [0.4, 0.5) is 5.82 Å². The zero-order valence-electron chi connectivity index (χ0n) is 15.5. The van der Waals surface area contributed by atoms with Gasteiger partial charge in [0.05, 0.1) is 6.04 Å². The monoisotopic (exact) mass is 445 g/mol. The number of rotatable bonds is 4. The molecule has 8 heteroatoms. The van der Waals surface area contributed by atoms with E-state index in [0.29, 0.717) is 21.0 Å². The lowest BCUT2D eigenvalue weighted by molar-refractivity contribution is -0.132. The van der Waals surface area contributed by atoms with Crippen molar-refractivity contribution < 1.29 is 9.53 Å². The molecule has 0 saturated carbocycles. The van der Waals surface area contributed by atoms with Crippen molar-refractivity contribution >= 4 is 46.7 Å². The van der Waals surface area contributed by atoms with Gasteiger partial charge in [0, 0.05) is 16.2 Å². The number of amides is 1. The van der Waals surface area contributed by atoms with Gasteiger partial charge in [-0.2, -0.15) is 0 Å². The van der Waals surface area contributed by atoms with E-state index in [1.165, 1.54) is 11.8 Å². The molecule has 2 aromatic carbocycles. The summed E-state index contributed by atoms with van der Waals surface area (Å²) in [6.07, 6.45) is 3.17. The summed E-state index contributed by atoms with van der Waals surface area (Å²) in [5, 5.41) is 1.86. The molecule has 1 aliphatic rings. The van der Waals surface area contributed by atoms with Crippen LogP contribution in [0.25, 0.3) is 0 Å². The minimum absolute atomic E-state index is 0.0456. The topological polar surface area (TPSA) is 55.3 Å². The van der Waals surface area contributed by atoms with Gasteiger partial charge in [-0.1, -0.05) is 59.2 Å². The standard InChI is InChI=1S/C21H17Cl2N3O2S/c1-29-21-24-11-10-17(25-21)26-18(27)12-28-20(14-4-8-16(23)9-5-14)19(26)13-2-6-15(22)7-3-13/h2-11,19-20H,12H2,1H3/t19-,20+/m0/s1. The Bertz CT molecular complexity index is 1020. The maximum absolute atomic E-state index is 13.0. The smallest absolute Gasteiger partial charge is 0.254 e. The minimum atomic E-state index is -0.417. The van der Waals surface area contributed by atoms with Crippen LogP contribution in [0.1, 0.15) is 23.3 Å². The fraction of sp³-hybridized carbons (Fsp3) is 0.190. The Balaban J connectivity index is 1.84. The SMILES string of the molecule is CSc1nccc(N2C(=O)CO[C@H](c3ccc(Cl)cc3)[C@@H]2c2ccc(Cl)cc2)n1. The highest BCUT2D eigenvalue weighted by molar-refractivity contribution is 7.98. The van der Waals surface area contributed by atoms with Crippen LogP contribution in [-0.2, 0) is 9.53 Å². The Kier molecular flexibility index (Phi) is 6.06. The third-order valence-electron chi connectivity index (χ3n) is 4.68. The molecule has 2 heterocycles. The van der Waals surface area contributed by atoms with Gasteiger partial charge < -0.3 is 4.74 Å². The van der Waals surface area contributed by atoms with Crippen molar-refractivity contribution in [3.63, 3.8) is 0 Å². The number of anilines is 1. The molecule has 0 N–H and O–H groups in total. The first kappa shape index (κ1) is 20.2. The molecule has 1 aliphatic heterocycles. The molecule has 3 aromatic rings. The van der Waals surface area contributed by atoms with Crippen molar-refractivity contribution in [2.45, 2.75) is 17.3 Å². The lowest BCUT2D eigenvalue weighted by Gasteiger charge is -2.41. The highest BCUT2D eigenvalue weighted by Crippen LogP contribution is 2.42. The van der Waals surface area contributed by atoms with Gasteiger partial charge in [0.2, 0.25) is 0 Å². The van der Waals surface area contributed by atoms with Crippen LogP contribution >= 0.6 is 35.0 Å². The molecule has 0 aliphatic carbocycles. The zero-order chi connectivity index (χ0) is 20.4. The highest BCUT2D eigenvalue weighted by Gasteiger charge is 2.40. The second kappa shape index (κ2) is 8.71. The third-order valence-corrected chi connectivity index (χ3v) is 5.74. The van der Waals surface area contributed by atoms with E-state index in [1.54, 1.807) is 29.3 Å². The summed E-state index contributed by atoms with van der Waals surface area (Å²) in [4.78, 5) is 23.4. The second-order valence-corrected chi connectivity index (χ2v) is 8.09. The number of thioether (sulfide) groups is 1. The molecule has 0 radical (unpaired) electrons. The van der Waals surface area contributed by atoms with Gasteiger partial charge in [0.25, 0.3) is 5.91 Å². The largest absolute Gasteiger partial charge is 0.361 e. The lowest BCUT2D eigenvalue weighted by Crippen LogP contribution is -2.46. The summed E-state index contributed by atoms with van der Waals surface area (Å²) in [6.45, 7) is -0.0456. The van der Waals surface area contributed by atoms with E-state index in [9.17, 15) is 4.79 Å².